The SMILES string of the molecule is ClCCCc1cn(C2CCOC3(CCCC3)C2)nn1. The Morgan fingerprint density at radius 3 is 3.05 bits per heavy atom. The number of halogens is 1. The molecule has 1 aliphatic carbocycles. The number of hydrogen-bond acceptors (Lipinski definition) is 3. The van der Waals surface area contributed by atoms with Crippen LogP contribution in [0.5, 0.6) is 0 Å². The van der Waals surface area contributed by atoms with Crippen LogP contribution in [0.25, 0.3) is 0 Å². The van der Waals surface area contributed by atoms with Gasteiger partial charge in [0.05, 0.1) is 17.3 Å². The minimum Gasteiger partial charge on any atom is -0.375 e. The monoisotopic (exact) mass is 283 g/mol. The summed E-state index contributed by atoms with van der Waals surface area (Å²) >= 11 is 5.72. The largest absolute Gasteiger partial charge is 0.375 e. The van der Waals surface area contributed by atoms with E-state index in [9.17, 15) is 0 Å². The molecule has 1 atom stereocenters. The lowest BCUT2D eigenvalue weighted by atomic mass is 9.89. The molecule has 0 radical (unpaired) electrons. The molecule has 0 amide bonds. The van der Waals surface area contributed by atoms with Crippen LogP contribution >= 0.6 is 11.6 Å². The van der Waals surface area contributed by atoms with Gasteiger partial charge in [0, 0.05) is 18.7 Å². The summed E-state index contributed by atoms with van der Waals surface area (Å²) in [4.78, 5) is 0. The molecule has 4 nitrogen and oxygen atoms in total. The Hall–Kier alpha value is -0.610. The van der Waals surface area contributed by atoms with Crippen molar-refractivity contribution >= 4 is 11.6 Å². The van der Waals surface area contributed by atoms with Crippen LogP contribution in [0.2, 0.25) is 0 Å². The van der Waals surface area contributed by atoms with E-state index in [-0.39, 0.29) is 5.60 Å². The summed E-state index contributed by atoms with van der Waals surface area (Å²) in [6, 6.07) is 0.462. The molecular formula is C14H22ClN3O. The van der Waals surface area contributed by atoms with E-state index in [1.165, 1.54) is 25.7 Å². The molecule has 19 heavy (non-hydrogen) atoms. The van der Waals surface area contributed by atoms with Crippen molar-refractivity contribution in [2.75, 3.05) is 12.5 Å². The molecule has 2 heterocycles. The van der Waals surface area contributed by atoms with Crippen molar-refractivity contribution < 1.29 is 4.74 Å². The summed E-state index contributed by atoms with van der Waals surface area (Å²) in [5.74, 6) is 0.688. The topological polar surface area (TPSA) is 39.9 Å². The molecule has 1 aromatic rings. The van der Waals surface area contributed by atoms with E-state index in [2.05, 4.69) is 21.2 Å². The highest BCUT2D eigenvalue weighted by Crippen LogP contribution is 2.43. The third kappa shape index (κ3) is 2.95. The zero-order chi connectivity index (χ0) is 13.1. The zero-order valence-corrected chi connectivity index (χ0v) is 12.1. The van der Waals surface area contributed by atoms with Crippen molar-refractivity contribution in [3.63, 3.8) is 0 Å². The number of ether oxygens (including phenoxy) is 1. The first-order chi connectivity index (χ1) is 9.31. The van der Waals surface area contributed by atoms with Crippen LogP contribution < -0.4 is 0 Å². The van der Waals surface area contributed by atoms with Crippen LogP contribution in [-0.2, 0) is 11.2 Å². The maximum Gasteiger partial charge on any atom is 0.0827 e. The Balaban J connectivity index is 1.66. The first-order valence-corrected chi connectivity index (χ1v) is 7.95. The molecule has 1 saturated carbocycles. The number of rotatable bonds is 4. The predicted octanol–water partition coefficient (Wildman–Crippen LogP) is 3.11. The van der Waals surface area contributed by atoms with Gasteiger partial charge in [-0.1, -0.05) is 18.1 Å². The fourth-order valence-corrected chi connectivity index (χ4v) is 3.58. The fraction of sp³-hybridized carbons (Fsp3) is 0.857. The highest BCUT2D eigenvalue weighted by Gasteiger charge is 2.40. The molecule has 5 heteroatoms. The molecule has 106 valence electrons. The molecule has 0 N–H and O–H groups in total. The van der Waals surface area contributed by atoms with E-state index in [0.29, 0.717) is 11.9 Å². The fourth-order valence-electron chi connectivity index (χ4n) is 3.45. The number of nitrogens with zero attached hydrogens (tertiary/aromatic N) is 3. The van der Waals surface area contributed by atoms with Gasteiger partial charge in [0.1, 0.15) is 0 Å². The second-order valence-electron chi connectivity index (χ2n) is 5.87. The Morgan fingerprint density at radius 2 is 2.26 bits per heavy atom. The van der Waals surface area contributed by atoms with Crippen LogP contribution in [0.15, 0.2) is 6.20 Å². The normalized spacial score (nSPS) is 26.1. The molecule has 0 aromatic carbocycles. The quantitative estimate of drug-likeness (QED) is 0.797. The molecule has 3 rings (SSSR count). The molecular weight excluding hydrogens is 262 g/mol. The van der Waals surface area contributed by atoms with E-state index in [4.69, 9.17) is 16.3 Å². The lowest BCUT2D eigenvalue weighted by Gasteiger charge is -2.38. The van der Waals surface area contributed by atoms with E-state index < -0.39 is 0 Å². The maximum atomic E-state index is 6.07. The first kappa shape index (κ1) is 13.4. The Morgan fingerprint density at radius 1 is 1.42 bits per heavy atom. The zero-order valence-electron chi connectivity index (χ0n) is 11.4. The van der Waals surface area contributed by atoms with E-state index in [1.54, 1.807) is 0 Å². The van der Waals surface area contributed by atoms with Crippen molar-refractivity contribution in [1.82, 2.24) is 15.0 Å². The summed E-state index contributed by atoms with van der Waals surface area (Å²) in [7, 11) is 0. The summed E-state index contributed by atoms with van der Waals surface area (Å²) in [6.07, 6.45) is 11.2. The first-order valence-electron chi connectivity index (χ1n) is 7.42. The maximum absolute atomic E-state index is 6.07. The van der Waals surface area contributed by atoms with Gasteiger partial charge in [-0.25, -0.2) is 4.68 Å². The van der Waals surface area contributed by atoms with Gasteiger partial charge in [0.2, 0.25) is 0 Å². The third-order valence-electron chi connectivity index (χ3n) is 4.48. The molecule has 1 unspecified atom stereocenters. The highest BCUT2D eigenvalue weighted by molar-refractivity contribution is 6.17. The van der Waals surface area contributed by atoms with E-state index in [0.717, 1.165) is 38.0 Å². The molecule has 1 aromatic heterocycles. The summed E-state index contributed by atoms with van der Waals surface area (Å²) in [6.45, 7) is 0.863. The Bertz CT molecular complexity index is 415. The number of aromatic nitrogens is 3. The van der Waals surface area contributed by atoms with Crippen molar-refractivity contribution in [1.29, 1.82) is 0 Å². The van der Waals surface area contributed by atoms with Gasteiger partial charge in [0.15, 0.2) is 0 Å². The summed E-state index contributed by atoms with van der Waals surface area (Å²) in [5.41, 5.74) is 1.21. The summed E-state index contributed by atoms with van der Waals surface area (Å²) in [5, 5.41) is 8.57. The van der Waals surface area contributed by atoms with Gasteiger partial charge in [-0.3, -0.25) is 0 Å². The second-order valence-corrected chi connectivity index (χ2v) is 6.25. The lowest BCUT2D eigenvalue weighted by Crippen LogP contribution is -2.38. The molecule has 2 aliphatic rings. The number of alkyl halides is 1. The average molecular weight is 284 g/mol. The average Bonchev–Trinajstić information content (AvgIpc) is 3.06. The minimum atomic E-state index is 0.144. The molecule has 1 spiro atoms. The van der Waals surface area contributed by atoms with Crippen molar-refractivity contribution in [2.45, 2.75) is 63.0 Å². The van der Waals surface area contributed by atoms with Crippen LogP contribution in [0.4, 0.5) is 0 Å². The van der Waals surface area contributed by atoms with Crippen LogP contribution in [0.1, 0.15) is 56.7 Å². The Kier molecular flexibility index (Phi) is 4.08. The van der Waals surface area contributed by atoms with E-state index >= 15 is 0 Å². The van der Waals surface area contributed by atoms with Gasteiger partial charge in [0.25, 0.3) is 0 Å². The van der Waals surface area contributed by atoms with Crippen LogP contribution in [0, 0.1) is 0 Å². The van der Waals surface area contributed by atoms with Crippen LogP contribution in [0.3, 0.4) is 0 Å². The highest BCUT2D eigenvalue weighted by atomic mass is 35.5. The van der Waals surface area contributed by atoms with Gasteiger partial charge in [-0.05, 0) is 38.5 Å². The summed E-state index contributed by atoms with van der Waals surface area (Å²) < 4.78 is 8.13. The minimum absolute atomic E-state index is 0.144. The lowest BCUT2D eigenvalue weighted by molar-refractivity contribution is -0.0911. The molecule has 1 aliphatic heterocycles. The number of hydrogen-bond donors (Lipinski definition) is 0. The third-order valence-corrected chi connectivity index (χ3v) is 4.75. The van der Waals surface area contributed by atoms with Crippen molar-refractivity contribution in [3.05, 3.63) is 11.9 Å². The second kappa shape index (κ2) is 5.80. The molecule has 0 bridgehead atoms. The Labute approximate surface area is 119 Å². The van der Waals surface area contributed by atoms with Crippen molar-refractivity contribution in [3.8, 4) is 0 Å². The molecule has 2 fully saturated rings. The van der Waals surface area contributed by atoms with E-state index in [1.807, 2.05) is 0 Å². The smallest absolute Gasteiger partial charge is 0.0827 e. The van der Waals surface area contributed by atoms with Gasteiger partial charge in [-0.15, -0.1) is 16.7 Å². The number of aryl methyl sites for hydroxylation is 1. The van der Waals surface area contributed by atoms with Gasteiger partial charge >= 0.3 is 0 Å². The predicted molar refractivity (Wildman–Crippen MR) is 74.5 cm³/mol. The van der Waals surface area contributed by atoms with Gasteiger partial charge in [-0.2, -0.15) is 0 Å². The molecule has 1 saturated heterocycles. The van der Waals surface area contributed by atoms with Crippen molar-refractivity contribution in [2.24, 2.45) is 0 Å². The van der Waals surface area contributed by atoms with Crippen LogP contribution in [-0.4, -0.2) is 33.1 Å². The standard InChI is InChI=1S/C14H22ClN3O/c15-8-3-4-12-11-18(17-16-12)13-5-9-19-14(10-13)6-1-2-7-14/h11,13H,1-10H2. The van der Waals surface area contributed by atoms with Gasteiger partial charge < -0.3 is 4.74 Å².